The molecule has 1 aromatic carbocycles. The molecular weight excluding hydrogens is 741 g/mol. The summed E-state index contributed by atoms with van der Waals surface area (Å²) < 4.78 is 64.9. The van der Waals surface area contributed by atoms with Crippen LogP contribution in [0.5, 0.6) is 11.5 Å². The molecule has 17 heteroatoms. The van der Waals surface area contributed by atoms with Gasteiger partial charge in [0, 0.05) is 17.7 Å². The van der Waals surface area contributed by atoms with Crippen molar-refractivity contribution in [2.24, 2.45) is 5.92 Å². The fourth-order valence-corrected chi connectivity index (χ4v) is 7.81. The molecule has 0 bridgehead atoms. The van der Waals surface area contributed by atoms with Crippen LogP contribution in [-0.4, -0.2) is 99.9 Å². The second-order valence-electron chi connectivity index (χ2n) is 15.9. The van der Waals surface area contributed by atoms with Crippen molar-refractivity contribution in [3.63, 3.8) is 0 Å². The number of pyridine rings is 1. The lowest BCUT2D eigenvalue weighted by Gasteiger charge is -2.36. The number of halogens is 3. The lowest BCUT2D eigenvalue weighted by Crippen LogP contribution is -2.57. The minimum atomic E-state index is -5.21. The van der Waals surface area contributed by atoms with Crippen LogP contribution in [0.1, 0.15) is 101 Å². The number of allylic oxidation sites excluding steroid dienone is 1. The third kappa shape index (κ3) is 8.13. The van der Waals surface area contributed by atoms with Crippen LogP contribution in [0.2, 0.25) is 0 Å². The quantitative estimate of drug-likeness (QED) is 0.274. The van der Waals surface area contributed by atoms with Crippen LogP contribution in [0.3, 0.4) is 0 Å². The maximum absolute atomic E-state index is 14.6. The van der Waals surface area contributed by atoms with Gasteiger partial charge in [-0.05, 0) is 71.6 Å². The van der Waals surface area contributed by atoms with Gasteiger partial charge in [-0.3, -0.25) is 14.4 Å². The molecule has 1 aliphatic carbocycles. The minimum absolute atomic E-state index is 0.0299. The van der Waals surface area contributed by atoms with Crippen molar-refractivity contribution >= 4 is 40.6 Å². The number of carbonyl (C=O) groups excluding carboxylic acids is 5. The van der Waals surface area contributed by atoms with Gasteiger partial charge in [-0.2, -0.15) is 13.2 Å². The van der Waals surface area contributed by atoms with Gasteiger partial charge < -0.3 is 39.6 Å². The Morgan fingerprint density at radius 2 is 1.89 bits per heavy atom. The Bertz CT molecular complexity index is 1950. The van der Waals surface area contributed by atoms with Crippen molar-refractivity contribution in [3.8, 4) is 11.5 Å². The number of rotatable bonds is 5. The zero-order valence-corrected chi connectivity index (χ0v) is 31.9. The third-order valence-corrected chi connectivity index (χ3v) is 10.5. The number of aromatic nitrogens is 1. The van der Waals surface area contributed by atoms with Crippen LogP contribution in [0, 0.1) is 5.92 Å². The highest BCUT2D eigenvalue weighted by Gasteiger charge is 2.63. The zero-order chi connectivity index (χ0) is 40.8. The first kappa shape index (κ1) is 40.7. The smallest absolute Gasteiger partial charge is 0.420 e. The van der Waals surface area contributed by atoms with Crippen molar-refractivity contribution < 1.29 is 61.2 Å². The molecule has 2 fully saturated rings. The Morgan fingerprint density at radius 1 is 1.14 bits per heavy atom. The summed E-state index contributed by atoms with van der Waals surface area (Å²) in [5.74, 6) is -3.63. The number of aliphatic hydroxyl groups excluding tert-OH is 1. The molecule has 304 valence electrons. The topological polar surface area (TPSA) is 183 Å². The van der Waals surface area contributed by atoms with Crippen LogP contribution in [0.4, 0.5) is 18.0 Å². The number of alkyl carbamates (subject to hydrolysis) is 1. The maximum Gasteiger partial charge on any atom is 0.420 e. The van der Waals surface area contributed by atoms with Gasteiger partial charge in [0.1, 0.15) is 40.3 Å². The number of alkyl halides is 3. The summed E-state index contributed by atoms with van der Waals surface area (Å²) in [6.45, 7) is 6.15. The number of nitrogens with one attached hydrogen (secondary N) is 2. The molecule has 6 rings (SSSR count). The highest BCUT2D eigenvalue weighted by molar-refractivity contribution is 6.11. The Kier molecular flexibility index (Phi) is 11.1. The normalized spacial score (nSPS) is 28.1. The predicted molar refractivity (Wildman–Crippen MR) is 193 cm³/mol. The molecule has 3 N–H and O–H groups in total. The first-order chi connectivity index (χ1) is 26.3. The fraction of sp³-hybridized carbons (Fsp3) is 0.590. The number of nitrogens with zero attached hydrogens (tertiary/aromatic N) is 2. The summed E-state index contributed by atoms with van der Waals surface area (Å²) in [6, 6.07) is 1.58. The van der Waals surface area contributed by atoms with E-state index in [4.69, 9.17) is 18.9 Å². The fourth-order valence-electron chi connectivity index (χ4n) is 7.81. The Hall–Kier alpha value is -4.93. The number of ether oxygens (including phenoxy) is 4. The van der Waals surface area contributed by atoms with E-state index < -0.39 is 108 Å². The molecule has 56 heavy (non-hydrogen) atoms. The number of aliphatic hydroxyl groups is 1. The molecule has 1 aromatic heterocycles. The van der Waals surface area contributed by atoms with E-state index in [1.165, 1.54) is 25.3 Å². The van der Waals surface area contributed by atoms with E-state index in [9.17, 15) is 42.3 Å². The molecule has 0 radical (unpaired) electrons. The van der Waals surface area contributed by atoms with E-state index in [1.54, 1.807) is 27.7 Å². The number of carbonyl (C=O) groups is 5. The molecule has 1 spiro atoms. The number of esters is 1. The summed E-state index contributed by atoms with van der Waals surface area (Å²) in [5.41, 5.74) is -5.40. The van der Waals surface area contributed by atoms with Gasteiger partial charge in [0.05, 0.1) is 37.8 Å². The van der Waals surface area contributed by atoms with Crippen LogP contribution in [-0.2, 0) is 23.9 Å². The summed E-state index contributed by atoms with van der Waals surface area (Å²) in [6.07, 6.45) is -3.40. The Labute approximate surface area is 321 Å². The molecule has 4 heterocycles. The van der Waals surface area contributed by atoms with E-state index in [-0.39, 0.29) is 41.7 Å². The summed E-state index contributed by atoms with van der Waals surface area (Å²) in [7, 11) is 1.37. The van der Waals surface area contributed by atoms with Crippen LogP contribution >= 0.6 is 0 Å². The molecule has 14 nitrogen and oxygen atoms in total. The molecule has 4 aliphatic rings. The Balaban J connectivity index is 1.44. The molecule has 3 aliphatic heterocycles. The second kappa shape index (κ2) is 15.2. The Morgan fingerprint density at radius 3 is 2.57 bits per heavy atom. The number of fused-ring (bicyclic) bond motifs is 5. The van der Waals surface area contributed by atoms with Crippen LogP contribution in [0.25, 0.3) is 10.9 Å². The van der Waals surface area contributed by atoms with E-state index in [2.05, 4.69) is 15.6 Å². The lowest BCUT2D eigenvalue weighted by molar-refractivity contribution is -0.208. The largest absolute Gasteiger partial charge is 0.497 e. The second-order valence-corrected chi connectivity index (χ2v) is 15.9. The van der Waals surface area contributed by atoms with Gasteiger partial charge in [0.15, 0.2) is 17.6 Å². The number of hydrogen-bond acceptors (Lipinski definition) is 11. The first-order valence-electron chi connectivity index (χ1n) is 18.8. The number of Topliss-reactive ketones (excluding diaryl/α,β-unsaturated/α-hetero) is 1. The number of amides is 3. The van der Waals surface area contributed by atoms with Gasteiger partial charge in [-0.25, -0.2) is 14.6 Å². The van der Waals surface area contributed by atoms with Crippen molar-refractivity contribution in [2.75, 3.05) is 20.3 Å². The van der Waals surface area contributed by atoms with E-state index >= 15 is 0 Å². The van der Waals surface area contributed by atoms with Gasteiger partial charge in [0.25, 0.3) is 0 Å². The molecular formula is C39H47F3N4O10. The lowest BCUT2D eigenvalue weighted by atomic mass is 9.85. The third-order valence-electron chi connectivity index (χ3n) is 10.5. The summed E-state index contributed by atoms with van der Waals surface area (Å²) in [4.78, 5) is 75.0. The highest BCUT2D eigenvalue weighted by Crippen LogP contribution is 2.50. The SMILES string of the molecule is CCOC(=O)[C@@]12C[C@H]1/C=C\CCCCC[C@H](NC(=O)OC(C)(C)C)C(=O)N1C[C@@]3(CC(=O)c4c(c(C(O)C(F)(F)F)nc5ccc(OC)cc45)O3)C[C@H]1C(=O)N2. The first-order valence-corrected chi connectivity index (χ1v) is 18.8. The minimum Gasteiger partial charge on any atom is -0.497 e. The number of hydrogen-bond donors (Lipinski definition) is 3. The molecule has 1 saturated carbocycles. The summed E-state index contributed by atoms with van der Waals surface area (Å²) >= 11 is 0. The number of benzene rings is 1. The van der Waals surface area contributed by atoms with E-state index in [0.717, 1.165) is 11.3 Å². The van der Waals surface area contributed by atoms with Crippen molar-refractivity contribution in [1.82, 2.24) is 20.5 Å². The van der Waals surface area contributed by atoms with Crippen molar-refractivity contribution in [3.05, 3.63) is 41.6 Å². The highest BCUT2D eigenvalue weighted by atomic mass is 19.4. The maximum atomic E-state index is 14.6. The standard InChI is InChI=1S/C39H47F3N4O10/c1-6-54-34(51)38-17-21(38)12-10-8-7-9-11-13-25(44-35(52)56-36(2,3)4)33(50)46-20-37(18-26(46)32(49)45-38)19-27(47)28-23-16-22(53-5)14-15-24(23)43-29(30(28)55-37)31(48)39(40,41)42/h10,12,14-16,21,25-26,31,48H,6-9,11,13,17-20H2,1-5H3,(H,44,52)(H,45,49)/b12-10-/t21-,25+,26+,31?,37+,38-/m1/s1. The monoisotopic (exact) mass is 788 g/mol. The van der Waals surface area contributed by atoms with Gasteiger partial charge in [0.2, 0.25) is 11.8 Å². The van der Waals surface area contributed by atoms with E-state index in [0.29, 0.717) is 19.3 Å². The van der Waals surface area contributed by atoms with Crippen molar-refractivity contribution in [2.45, 2.75) is 120 Å². The van der Waals surface area contributed by atoms with Gasteiger partial charge >= 0.3 is 18.2 Å². The van der Waals surface area contributed by atoms with E-state index in [1.807, 2.05) is 12.2 Å². The zero-order valence-electron chi connectivity index (χ0n) is 31.9. The molecule has 1 unspecified atom stereocenters. The van der Waals surface area contributed by atoms with Crippen molar-refractivity contribution in [1.29, 1.82) is 0 Å². The average molecular weight is 789 g/mol. The van der Waals surface area contributed by atoms with Crippen LogP contribution < -0.4 is 20.1 Å². The molecule has 2 aromatic rings. The van der Waals surface area contributed by atoms with Gasteiger partial charge in [-0.1, -0.05) is 25.0 Å². The molecule has 3 amide bonds. The molecule has 6 atom stereocenters. The number of methoxy groups -OCH3 is 1. The average Bonchev–Trinajstić information content (AvgIpc) is 3.69. The predicted octanol–water partition coefficient (Wildman–Crippen LogP) is 5.00. The van der Waals surface area contributed by atoms with Crippen LogP contribution in [0.15, 0.2) is 30.4 Å². The van der Waals surface area contributed by atoms with Gasteiger partial charge in [-0.15, -0.1) is 0 Å². The number of ketones is 1. The molecule has 1 saturated heterocycles. The summed E-state index contributed by atoms with van der Waals surface area (Å²) in [5, 5.41) is 16.1.